The Morgan fingerprint density at radius 2 is 1.86 bits per heavy atom. The lowest BCUT2D eigenvalue weighted by atomic mass is 10.2. The predicted molar refractivity (Wildman–Crippen MR) is 78.0 cm³/mol. The lowest BCUT2D eigenvalue weighted by Gasteiger charge is -2.17. The van der Waals surface area contributed by atoms with E-state index < -0.39 is 15.8 Å². The quantitative estimate of drug-likeness (QED) is 0.853. The van der Waals surface area contributed by atoms with Crippen molar-refractivity contribution in [2.24, 2.45) is 0 Å². The first-order chi connectivity index (χ1) is 9.93. The van der Waals surface area contributed by atoms with E-state index in [2.05, 4.69) is 0 Å². The summed E-state index contributed by atoms with van der Waals surface area (Å²) in [7, 11) is -0.721. The summed E-state index contributed by atoms with van der Waals surface area (Å²) in [5, 5.41) is 0. The van der Waals surface area contributed by atoms with Crippen molar-refractivity contribution in [3.05, 3.63) is 59.9 Å². The fourth-order valence-corrected chi connectivity index (χ4v) is 3.11. The van der Waals surface area contributed by atoms with Gasteiger partial charge in [-0.05, 0) is 35.9 Å². The number of nitrogens with zero attached hydrogens (tertiary/aromatic N) is 1. The number of hydrogen-bond donors (Lipinski definition) is 0. The van der Waals surface area contributed by atoms with Gasteiger partial charge in [-0.25, -0.2) is 12.8 Å². The molecule has 6 heteroatoms. The van der Waals surface area contributed by atoms with Crippen LogP contribution in [-0.4, -0.2) is 26.9 Å². The Morgan fingerprint density at radius 1 is 1.14 bits per heavy atom. The van der Waals surface area contributed by atoms with Gasteiger partial charge < -0.3 is 4.74 Å². The third kappa shape index (κ3) is 3.59. The molecule has 0 fully saturated rings. The number of ether oxygens (including phenoxy) is 1. The Bertz CT molecular complexity index is 731. The number of hydrogen-bond acceptors (Lipinski definition) is 3. The molecule has 2 aromatic carbocycles. The summed E-state index contributed by atoms with van der Waals surface area (Å²) >= 11 is 0. The van der Waals surface area contributed by atoms with Gasteiger partial charge in [0.25, 0.3) is 0 Å². The molecule has 0 radical (unpaired) electrons. The maximum atomic E-state index is 13.2. The number of methoxy groups -OCH3 is 1. The van der Waals surface area contributed by atoms with Crippen molar-refractivity contribution in [3.63, 3.8) is 0 Å². The van der Waals surface area contributed by atoms with Gasteiger partial charge in [0.15, 0.2) is 0 Å². The zero-order valence-electron chi connectivity index (χ0n) is 11.8. The molecule has 2 rings (SSSR count). The minimum absolute atomic E-state index is 0.0621. The lowest BCUT2D eigenvalue weighted by molar-refractivity contribution is 0.412. The summed E-state index contributed by atoms with van der Waals surface area (Å²) in [5.41, 5.74) is 0.789. The highest BCUT2D eigenvalue weighted by molar-refractivity contribution is 7.89. The molecule has 0 spiro atoms. The molecule has 0 bridgehead atoms. The van der Waals surface area contributed by atoms with Gasteiger partial charge in [-0.3, -0.25) is 0 Å². The summed E-state index contributed by atoms with van der Waals surface area (Å²) in [6.45, 7) is 0.177. The molecular weight excluding hydrogens is 293 g/mol. The van der Waals surface area contributed by atoms with E-state index in [1.807, 2.05) is 0 Å². The predicted octanol–water partition coefficient (Wildman–Crippen LogP) is 2.66. The van der Waals surface area contributed by atoms with Gasteiger partial charge >= 0.3 is 0 Å². The first-order valence-electron chi connectivity index (χ1n) is 6.28. The first kappa shape index (κ1) is 15.5. The molecule has 4 nitrogen and oxygen atoms in total. The van der Waals surface area contributed by atoms with Gasteiger partial charge in [0.05, 0.1) is 12.0 Å². The summed E-state index contributed by atoms with van der Waals surface area (Å²) in [6, 6.07) is 12.1. The van der Waals surface area contributed by atoms with Crippen LogP contribution in [0.5, 0.6) is 5.75 Å². The van der Waals surface area contributed by atoms with E-state index in [4.69, 9.17) is 4.74 Å². The van der Waals surface area contributed by atoms with Crippen LogP contribution in [0.15, 0.2) is 53.4 Å². The fraction of sp³-hybridized carbons (Fsp3) is 0.200. The smallest absolute Gasteiger partial charge is 0.243 e. The highest BCUT2D eigenvalue weighted by Crippen LogP contribution is 2.19. The lowest BCUT2D eigenvalue weighted by Crippen LogP contribution is -2.26. The highest BCUT2D eigenvalue weighted by Gasteiger charge is 2.21. The van der Waals surface area contributed by atoms with E-state index in [1.54, 1.807) is 31.4 Å². The average Bonchev–Trinajstić information content (AvgIpc) is 2.47. The van der Waals surface area contributed by atoms with Gasteiger partial charge in [0, 0.05) is 13.6 Å². The number of halogens is 1. The Balaban J connectivity index is 2.24. The standard InChI is InChI=1S/C15H16FNO3S/c1-17(11-12-5-3-7-14(9-12)20-2)21(18,19)15-8-4-6-13(16)10-15/h3-10H,11H2,1-2H3. The van der Waals surface area contributed by atoms with Gasteiger partial charge in [0.1, 0.15) is 11.6 Å². The molecule has 0 atom stereocenters. The molecule has 2 aromatic rings. The van der Waals surface area contributed by atoms with E-state index >= 15 is 0 Å². The summed E-state index contributed by atoms with van der Waals surface area (Å²) < 4.78 is 44.2. The van der Waals surface area contributed by atoms with E-state index in [0.717, 1.165) is 11.6 Å². The van der Waals surface area contributed by atoms with Gasteiger partial charge in [-0.2, -0.15) is 4.31 Å². The van der Waals surface area contributed by atoms with Gasteiger partial charge in [-0.15, -0.1) is 0 Å². The maximum absolute atomic E-state index is 13.2. The molecule has 0 aliphatic carbocycles. The minimum atomic E-state index is -3.73. The van der Waals surface area contributed by atoms with Crippen molar-refractivity contribution in [1.29, 1.82) is 0 Å². The van der Waals surface area contributed by atoms with Crippen LogP contribution in [0.4, 0.5) is 4.39 Å². The molecule has 0 aliphatic heterocycles. The largest absolute Gasteiger partial charge is 0.497 e. The zero-order valence-corrected chi connectivity index (χ0v) is 12.6. The monoisotopic (exact) mass is 309 g/mol. The SMILES string of the molecule is COc1cccc(CN(C)S(=O)(=O)c2cccc(F)c2)c1. The molecule has 0 unspecified atom stereocenters. The van der Waals surface area contributed by atoms with Crippen LogP contribution in [-0.2, 0) is 16.6 Å². The first-order valence-corrected chi connectivity index (χ1v) is 7.72. The Morgan fingerprint density at radius 3 is 2.52 bits per heavy atom. The number of rotatable bonds is 5. The van der Waals surface area contributed by atoms with Crippen LogP contribution < -0.4 is 4.74 Å². The van der Waals surface area contributed by atoms with Crippen LogP contribution in [0.2, 0.25) is 0 Å². The molecule has 0 amide bonds. The number of benzene rings is 2. The normalized spacial score (nSPS) is 11.6. The van der Waals surface area contributed by atoms with E-state index in [0.29, 0.717) is 5.75 Å². The van der Waals surface area contributed by atoms with E-state index in [9.17, 15) is 12.8 Å². The Hall–Kier alpha value is -1.92. The molecule has 0 heterocycles. The van der Waals surface area contributed by atoms with E-state index in [1.165, 1.54) is 29.6 Å². The molecule has 112 valence electrons. The van der Waals surface area contributed by atoms with Crippen molar-refractivity contribution < 1.29 is 17.5 Å². The molecular formula is C15H16FNO3S. The van der Waals surface area contributed by atoms with Crippen LogP contribution in [0, 0.1) is 5.82 Å². The molecule has 0 aliphatic rings. The van der Waals surface area contributed by atoms with Gasteiger partial charge in [0.2, 0.25) is 10.0 Å². The molecule has 0 saturated carbocycles. The maximum Gasteiger partial charge on any atom is 0.243 e. The topological polar surface area (TPSA) is 46.6 Å². The van der Waals surface area contributed by atoms with E-state index in [-0.39, 0.29) is 11.4 Å². The fourth-order valence-electron chi connectivity index (χ4n) is 1.92. The molecule has 0 saturated heterocycles. The third-order valence-electron chi connectivity index (χ3n) is 3.04. The molecule has 0 N–H and O–H groups in total. The van der Waals surface area contributed by atoms with Gasteiger partial charge in [-0.1, -0.05) is 18.2 Å². The Labute approximate surface area is 123 Å². The van der Waals surface area contributed by atoms with Crippen LogP contribution >= 0.6 is 0 Å². The molecule has 0 aromatic heterocycles. The number of sulfonamides is 1. The second-order valence-corrected chi connectivity index (χ2v) is 6.61. The van der Waals surface area contributed by atoms with Crippen LogP contribution in [0.3, 0.4) is 0 Å². The Kier molecular flexibility index (Phi) is 4.59. The summed E-state index contributed by atoms with van der Waals surface area (Å²) in [5.74, 6) is 0.0786. The summed E-state index contributed by atoms with van der Waals surface area (Å²) in [6.07, 6.45) is 0. The zero-order chi connectivity index (χ0) is 15.5. The van der Waals surface area contributed by atoms with Crippen molar-refractivity contribution in [2.75, 3.05) is 14.2 Å². The highest BCUT2D eigenvalue weighted by atomic mass is 32.2. The van der Waals surface area contributed by atoms with Crippen LogP contribution in [0.1, 0.15) is 5.56 Å². The van der Waals surface area contributed by atoms with Crippen molar-refractivity contribution in [2.45, 2.75) is 11.4 Å². The summed E-state index contributed by atoms with van der Waals surface area (Å²) in [4.78, 5) is -0.0621. The second kappa shape index (κ2) is 6.24. The minimum Gasteiger partial charge on any atom is -0.497 e. The van der Waals surface area contributed by atoms with Crippen molar-refractivity contribution >= 4 is 10.0 Å². The average molecular weight is 309 g/mol. The van der Waals surface area contributed by atoms with Crippen molar-refractivity contribution in [1.82, 2.24) is 4.31 Å². The van der Waals surface area contributed by atoms with Crippen molar-refractivity contribution in [3.8, 4) is 5.75 Å². The molecule has 21 heavy (non-hydrogen) atoms. The third-order valence-corrected chi connectivity index (χ3v) is 4.84. The van der Waals surface area contributed by atoms with Crippen LogP contribution in [0.25, 0.3) is 0 Å². The second-order valence-electron chi connectivity index (χ2n) is 4.57.